The molecule has 0 bridgehead atoms. The lowest BCUT2D eigenvalue weighted by Crippen LogP contribution is -2.29. The van der Waals surface area contributed by atoms with Crippen molar-refractivity contribution in [2.45, 2.75) is 18.2 Å². The van der Waals surface area contributed by atoms with Crippen LogP contribution >= 0.6 is 11.8 Å². The van der Waals surface area contributed by atoms with Gasteiger partial charge in [-0.3, -0.25) is 9.69 Å². The number of halogens is 1. The van der Waals surface area contributed by atoms with E-state index in [2.05, 4.69) is 11.0 Å². The van der Waals surface area contributed by atoms with Gasteiger partial charge in [0.25, 0.3) is 15.9 Å². The lowest BCUT2D eigenvalue weighted by Gasteiger charge is -2.12. The molecule has 8 heteroatoms. The van der Waals surface area contributed by atoms with E-state index in [0.29, 0.717) is 0 Å². The Morgan fingerprint density at radius 3 is 2.48 bits per heavy atom. The number of benzene rings is 2. The maximum absolute atomic E-state index is 13.9. The second kappa shape index (κ2) is 8.75. The normalized spacial score (nSPS) is 17.3. The monoisotopic (exact) mass is 430 g/mol. The van der Waals surface area contributed by atoms with Gasteiger partial charge in [0.15, 0.2) is 5.17 Å². The van der Waals surface area contributed by atoms with E-state index in [1.54, 1.807) is 24.3 Å². The fourth-order valence-corrected chi connectivity index (χ4v) is 4.83. The maximum atomic E-state index is 13.9. The SMILES string of the molecule is C=CCN1C(=O)/C(=C/c2ccccc2F)S/C1=N\S(=O)(=O)c1ccc(CC)cc1. The average Bonchev–Trinajstić information content (AvgIpc) is 2.98. The van der Waals surface area contributed by atoms with Crippen LogP contribution in [-0.4, -0.2) is 30.9 Å². The molecule has 1 fully saturated rings. The second-order valence-corrected chi connectivity index (χ2v) is 8.80. The van der Waals surface area contributed by atoms with Crippen LogP contribution < -0.4 is 0 Å². The van der Waals surface area contributed by atoms with Gasteiger partial charge in [0.1, 0.15) is 5.82 Å². The number of carbonyl (C=O) groups excluding carboxylic acids is 1. The first kappa shape index (κ1) is 21.0. The van der Waals surface area contributed by atoms with E-state index in [-0.39, 0.29) is 27.1 Å². The summed E-state index contributed by atoms with van der Waals surface area (Å²) in [4.78, 5) is 14.2. The Kier molecular flexibility index (Phi) is 6.34. The molecule has 2 aromatic carbocycles. The first-order valence-electron chi connectivity index (χ1n) is 8.86. The molecule has 5 nitrogen and oxygen atoms in total. The number of hydrogen-bond acceptors (Lipinski definition) is 4. The summed E-state index contributed by atoms with van der Waals surface area (Å²) in [6.45, 7) is 5.66. The first-order valence-corrected chi connectivity index (χ1v) is 11.1. The molecule has 1 aliphatic heterocycles. The third-order valence-electron chi connectivity index (χ3n) is 4.22. The van der Waals surface area contributed by atoms with Crippen molar-refractivity contribution in [1.82, 2.24) is 4.90 Å². The van der Waals surface area contributed by atoms with Crippen LogP contribution in [0.4, 0.5) is 4.39 Å². The molecule has 0 aliphatic carbocycles. The predicted molar refractivity (Wildman–Crippen MR) is 114 cm³/mol. The highest BCUT2D eigenvalue weighted by Gasteiger charge is 2.34. The zero-order chi connectivity index (χ0) is 21.0. The minimum Gasteiger partial charge on any atom is -0.282 e. The Labute approximate surface area is 173 Å². The van der Waals surface area contributed by atoms with Gasteiger partial charge in [0, 0.05) is 12.1 Å². The number of rotatable bonds is 6. The van der Waals surface area contributed by atoms with Crippen LogP contribution in [-0.2, 0) is 21.2 Å². The number of sulfonamides is 1. The van der Waals surface area contributed by atoms with Crippen molar-refractivity contribution in [2.75, 3.05) is 6.54 Å². The second-order valence-electron chi connectivity index (χ2n) is 6.18. The largest absolute Gasteiger partial charge is 0.284 e. The maximum Gasteiger partial charge on any atom is 0.284 e. The van der Waals surface area contributed by atoms with Gasteiger partial charge in [-0.25, -0.2) is 4.39 Å². The Hall–Kier alpha value is -2.71. The van der Waals surface area contributed by atoms with Crippen LogP contribution in [0, 0.1) is 5.82 Å². The molecule has 1 amide bonds. The van der Waals surface area contributed by atoms with Crippen molar-refractivity contribution in [2.24, 2.45) is 4.40 Å². The highest BCUT2D eigenvalue weighted by Crippen LogP contribution is 2.34. The molecule has 3 rings (SSSR count). The van der Waals surface area contributed by atoms with E-state index >= 15 is 0 Å². The molecule has 1 saturated heterocycles. The minimum absolute atomic E-state index is 0.0112. The Balaban J connectivity index is 1.99. The fraction of sp³-hybridized carbons (Fsp3) is 0.143. The van der Waals surface area contributed by atoms with Crippen LogP contribution in [0.2, 0.25) is 0 Å². The minimum atomic E-state index is -4.01. The molecule has 150 valence electrons. The summed E-state index contributed by atoms with van der Waals surface area (Å²) in [7, 11) is -4.01. The van der Waals surface area contributed by atoms with Crippen molar-refractivity contribution in [3.63, 3.8) is 0 Å². The van der Waals surface area contributed by atoms with Crippen LogP contribution in [0.1, 0.15) is 18.1 Å². The average molecular weight is 431 g/mol. The molecular formula is C21H19FN2O3S2. The number of amidine groups is 1. The molecule has 29 heavy (non-hydrogen) atoms. The number of nitrogens with zero attached hydrogens (tertiary/aromatic N) is 2. The molecule has 0 atom stereocenters. The quantitative estimate of drug-likeness (QED) is 0.508. The molecule has 1 heterocycles. The van der Waals surface area contributed by atoms with Gasteiger partial charge in [0.05, 0.1) is 9.80 Å². The van der Waals surface area contributed by atoms with Gasteiger partial charge in [-0.2, -0.15) is 8.42 Å². The summed E-state index contributed by atoms with van der Waals surface area (Å²) < 4.78 is 43.3. The van der Waals surface area contributed by atoms with E-state index in [4.69, 9.17) is 0 Å². The van der Waals surface area contributed by atoms with Crippen molar-refractivity contribution in [3.05, 3.63) is 83.0 Å². The fourth-order valence-electron chi connectivity index (χ4n) is 2.65. The zero-order valence-corrected chi connectivity index (χ0v) is 17.3. The molecule has 0 radical (unpaired) electrons. The third kappa shape index (κ3) is 4.65. The summed E-state index contributed by atoms with van der Waals surface area (Å²) in [5, 5.41) is 0.0112. The standard InChI is InChI=1S/C21H19FN2O3S2/c1-3-13-24-20(25)19(14-16-7-5-6-8-18(16)22)28-21(24)23-29(26,27)17-11-9-15(4-2)10-12-17/h3,5-12,14H,1,4,13H2,2H3/b19-14-,23-21-. The van der Waals surface area contributed by atoms with Gasteiger partial charge < -0.3 is 0 Å². The molecule has 2 aromatic rings. The zero-order valence-electron chi connectivity index (χ0n) is 15.7. The van der Waals surface area contributed by atoms with Gasteiger partial charge in [-0.1, -0.05) is 43.3 Å². The predicted octanol–water partition coefficient (Wildman–Crippen LogP) is 4.24. The van der Waals surface area contributed by atoms with Crippen LogP contribution in [0.25, 0.3) is 6.08 Å². The van der Waals surface area contributed by atoms with E-state index in [0.717, 1.165) is 23.7 Å². The number of carbonyl (C=O) groups is 1. The van der Waals surface area contributed by atoms with Gasteiger partial charge >= 0.3 is 0 Å². The molecule has 1 aliphatic rings. The summed E-state index contributed by atoms with van der Waals surface area (Å²) in [6, 6.07) is 12.5. The summed E-state index contributed by atoms with van der Waals surface area (Å²) in [5.41, 5.74) is 1.24. The van der Waals surface area contributed by atoms with E-state index in [9.17, 15) is 17.6 Å². The number of amides is 1. The van der Waals surface area contributed by atoms with Crippen molar-refractivity contribution in [3.8, 4) is 0 Å². The number of aryl methyl sites for hydroxylation is 1. The molecule has 0 N–H and O–H groups in total. The Morgan fingerprint density at radius 1 is 1.17 bits per heavy atom. The van der Waals surface area contributed by atoms with E-state index in [1.165, 1.54) is 41.3 Å². The first-order chi connectivity index (χ1) is 13.9. The molecular weight excluding hydrogens is 411 g/mol. The lowest BCUT2D eigenvalue weighted by atomic mass is 10.2. The van der Waals surface area contributed by atoms with E-state index < -0.39 is 21.7 Å². The van der Waals surface area contributed by atoms with Crippen LogP contribution in [0.3, 0.4) is 0 Å². The van der Waals surface area contributed by atoms with Crippen molar-refractivity contribution >= 4 is 38.9 Å². The van der Waals surface area contributed by atoms with Gasteiger partial charge in [-0.15, -0.1) is 11.0 Å². The summed E-state index contributed by atoms with van der Waals surface area (Å²) in [5.74, 6) is -0.925. The Morgan fingerprint density at radius 2 is 1.86 bits per heavy atom. The van der Waals surface area contributed by atoms with Crippen LogP contribution in [0.15, 0.2) is 75.4 Å². The molecule has 0 saturated carbocycles. The third-order valence-corrected chi connectivity index (χ3v) is 6.62. The molecule has 0 aromatic heterocycles. The topological polar surface area (TPSA) is 66.8 Å². The lowest BCUT2D eigenvalue weighted by molar-refractivity contribution is -0.121. The molecule has 0 spiro atoms. The Bertz CT molecular complexity index is 1110. The van der Waals surface area contributed by atoms with Crippen molar-refractivity contribution < 1.29 is 17.6 Å². The smallest absolute Gasteiger partial charge is 0.282 e. The van der Waals surface area contributed by atoms with E-state index in [1.807, 2.05) is 6.92 Å². The highest BCUT2D eigenvalue weighted by atomic mass is 32.2. The molecule has 0 unspecified atom stereocenters. The summed E-state index contributed by atoms with van der Waals surface area (Å²) in [6.07, 6.45) is 3.66. The van der Waals surface area contributed by atoms with Gasteiger partial charge in [-0.05, 0) is 48.0 Å². The van der Waals surface area contributed by atoms with Crippen LogP contribution in [0.5, 0.6) is 0 Å². The number of hydrogen-bond donors (Lipinski definition) is 0. The highest BCUT2D eigenvalue weighted by molar-refractivity contribution is 8.19. The number of thioether (sulfide) groups is 1. The summed E-state index contributed by atoms with van der Waals surface area (Å²) >= 11 is 0.893. The van der Waals surface area contributed by atoms with Gasteiger partial charge in [0.2, 0.25) is 0 Å². The van der Waals surface area contributed by atoms with Crippen molar-refractivity contribution in [1.29, 1.82) is 0 Å².